The molecule has 0 aliphatic carbocycles. The molecule has 5 heteroatoms. The van der Waals surface area contributed by atoms with Crippen molar-refractivity contribution in [3.05, 3.63) is 36.0 Å². The van der Waals surface area contributed by atoms with Crippen molar-refractivity contribution in [3.63, 3.8) is 0 Å². The fourth-order valence-corrected chi connectivity index (χ4v) is 2.33. The highest BCUT2D eigenvalue weighted by molar-refractivity contribution is 5.84. The molecule has 1 atom stereocenters. The maximum atomic E-state index is 12.1. The van der Waals surface area contributed by atoms with Crippen LogP contribution in [0.2, 0.25) is 0 Å². The Balaban J connectivity index is 2.32. The Labute approximate surface area is 124 Å². The van der Waals surface area contributed by atoms with Crippen LogP contribution >= 0.6 is 0 Å². The molecule has 0 radical (unpaired) electrons. The molecule has 0 aliphatic rings. The summed E-state index contributed by atoms with van der Waals surface area (Å²) in [7, 11) is 5.10. The molecule has 0 saturated carbocycles. The van der Waals surface area contributed by atoms with Crippen LogP contribution in [-0.4, -0.2) is 43.5 Å². The molecule has 1 unspecified atom stereocenters. The number of carbonyl (C=O) groups excluding carboxylic acids is 1. The lowest BCUT2D eigenvalue weighted by Crippen LogP contribution is -2.35. The molecule has 1 aromatic heterocycles. The largest absolute Gasteiger partial charge is 0.494 e. The van der Waals surface area contributed by atoms with E-state index in [1.165, 1.54) is 0 Å². The van der Waals surface area contributed by atoms with Gasteiger partial charge in [-0.1, -0.05) is 18.2 Å². The summed E-state index contributed by atoms with van der Waals surface area (Å²) in [6.45, 7) is 0.308. The summed E-state index contributed by atoms with van der Waals surface area (Å²) < 4.78 is 5.34. The zero-order valence-corrected chi connectivity index (χ0v) is 12.7. The maximum Gasteiger partial charge on any atom is 0.226 e. The predicted octanol–water partition coefficient (Wildman–Crippen LogP) is 1.45. The first kappa shape index (κ1) is 15.3. The molecule has 1 heterocycles. The molecule has 2 rings (SSSR count). The van der Waals surface area contributed by atoms with E-state index in [0.29, 0.717) is 13.0 Å². The molecular formula is C16H21N3O2. The van der Waals surface area contributed by atoms with Crippen LogP contribution in [0, 0.1) is 5.92 Å². The van der Waals surface area contributed by atoms with Crippen LogP contribution in [0.4, 0.5) is 0 Å². The van der Waals surface area contributed by atoms with E-state index < -0.39 is 0 Å². The van der Waals surface area contributed by atoms with E-state index in [2.05, 4.69) is 4.98 Å². The summed E-state index contributed by atoms with van der Waals surface area (Å²) in [5, 5.41) is 1.02. The Bertz CT molecular complexity index is 640. The van der Waals surface area contributed by atoms with E-state index >= 15 is 0 Å². The first-order valence-electron chi connectivity index (χ1n) is 6.90. The summed E-state index contributed by atoms with van der Waals surface area (Å²) in [6.07, 6.45) is 0.529. The third kappa shape index (κ3) is 3.31. The van der Waals surface area contributed by atoms with E-state index in [1.807, 2.05) is 30.3 Å². The summed E-state index contributed by atoms with van der Waals surface area (Å²) in [5.41, 5.74) is 7.38. The Kier molecular flexibility index (Phi) is 4.75. The van der Waals surface area contributed by atoms with Gasteiger partial charge in [0.15, 0.2) is 0 Å². The number of benzene rings is 1. The highest BCUT2D eigenvalue weighted by Gasteiger charge is 2.20. The first-order valence-corrected chi connectivity index (χ1v) is 6.90. The van der Waals surface area contributed by atoms with E-state index in [9.17, 15) is 4.79 Å². The van der Waals surface area contributed by atoms with Gasteiger partial charge < -0.3 is 15.4 Å². The van der Waals surface area contributed by atoms with Crippen LogP contribution in [0.5, 0.6) is 5.75 Å². The smallest absolute Gasteiger partial charge is 0.226 e. The molecule has 112 valence electrons. The number of nitrogens with zero attached hydrogens (tertiary/aromatic N) is 2. The number of amides is 1. The molecule has 2 N–H and O–H groups in total. The molecule has 0 aliphatic heterocycles. The third-order valence-corrected chi connectivity index (χ3v) is 3.49. The second-order valence-electron chi connectivity index (χ2n) is 5.20. The SMILES string of the molecule is COc1cccc2ccc(CC(CN)C(=O)N(C)C)nc12. The van der Waals surface area contributed by atoms with Crippen LogP contribution in [0.3, 0.4) is 0 Å². The van der Waals surface area contributed by atoms with Crippen molar-refractivity contribution in [2.24, 2.45) is 11.7 Å². The Morgan fingerprint density at radius 2 is 2.10 bits per heavy atom. The van der Waals surface area contributed by atoms with Gasteiger partial charge in [0.05, 0.1) is 13.0 Å². The van der Waals surface area contributed by atoms with Crippen molar-refractivity contribution in [3.8, 4) is 5.75 Å². The number of nitrogens with two attached hydrogens (primary N) is 1. The fraction of sp³-hybridized carbons (Fsp3) is 0.375. The van der Waals surface area contributed by atoms with Crippen LogP contribution in [0.15, 0.2) is 30.3 Å². The van der Waals surface area contributed by atoms with Gasteiger partial charge in [-0.15, -0.1) is 0 Å². The van der Waals surface area contributed by atoms with E-state index in [-0.39, 0.29) is 11.8 Å². The quantitative estimate of drug-likeness (QED) is 0.903. The molecule has 1 amide bonds. The molecule has 0 spiro atoms. The van der Waals surface area contributed by atoms with E-state index in [1.54, 1.807) is 26.1 Å². The number of para-hydroxylation sites is 1. The molecule has 5 nitrogen and oxygen atoms in total. The Morgan fingerprint density at radius 1 is 1.33 bits per heavy atom. The third-order valence-electron chi connectivity index (χ3n) is 3.49. The number of methoxy groups -OCH3 is 1. The van der Waals surface area contributed by atoms with Crippen molar-refractivity contribution < 1.29 is 9.53 Å². The molecular weight excluding hydrogens is 266 g/mol. The summed E-state index contributed by atoms with van der Waals surface area (Å²) >= 11 is 0. The molecule has 21 heavy (non-hydrogen) atoms. The standard InChI is InChI=1S/C16H21N3O2/c1-19(2)16(20)12(10-17)9-13-8-7-11-5-4-6-14(21-3)15(11)18-13/h4-8,12H,9-10,17H2,1-3H3. The second-order valence-corrected chi connectivity index (χ2v) is 5.20. The van der Waals surface area contributed by atoms with Gasteiger partial charge in [-0.05, 0) is 12.1 Å². The second kappa shape index (κ2) is 6.54. The van der Waals surface area contributed by atoms with Crippen molar-refractivity contribution in [2.45, 2.75) is 6.42 Å². The average Bonchev–Trinajstić information content (AvgIpc) is 2.51. The molecule has 0 saturated heterocycles. The minimum atomic E-state index is -0.250. The number of carbonyl (C=O) groups is 1. The minimum absolute atomic E-state index is 0.0272. The van der Waals surface area contributed by atoms with Crippen LogP contribution < -0.4 is 10.5 Å². The van der Waals surface area contributed by atoms with Crippen molar-refractivity contribution in [1.82, 2.24) is 9.88 Å². The monoisotopic (exact) mass is 287 g/mol. The van der Waals surface area contributed by atoms with Crippen molar-refractivity contribution >= 4 is 16.8 Å². The van der Waals surface area contributed by atoms with Gasteiger partial charge in [0.1, 0.15) is 11.3 Å². The van der Waals surface area contributed by atoms with Gasteiger partial charge in [0.25, 0.3) is 0 Å². The summed E-state index contributed by atoms with van der Waals surface area (Å²) in [5.74, 6) is 0.511. The number of hydrogen-bond acceptors (Lipinski definition) is 4. The van der Waals surface area contributed by atoms with Gasteiger partial charge >= 0.3 is 0 Å². The Hall–Kier alpha value is -2.14. The molecule has 0 bridgehead atoms. The number of hydrogen-bond donors (Lipinski definition) is 1. The van der Waals surface area contributed by atoms with Crippen LogP contribution in [-0.2, 0) is 11.2 Å². The summed E-state index contributed by atoms with van der Waals surface area (Å²) in [6, 6.07) is 9.73. The van der Waals surface area contributed by atoms with E-state index in [4.69, 9.17) is 10.5 Å². The van der Waals surface area contributed by atoms with Gasteiger partial charge in [-0.2, -0.15) is 0 Å². The number of aromatic nitrogens is 1. The zero-order chi connectivity index (χ0) is 15.4. The van der Waals surface area contributed by atoms with Crippen molar-refractivity contribution in [1.29, 1.82) is 0 Å². The topological polar surface area (TPSA) is 68.5 Å². The van der Waals surface area contributed by atoms with Crippen molar-refractivity contribution in [2.75, 3.05) is 27.7 Å². The fourth-order valence-electron chi connectivity index (χ4n) is 2.33. The number of fused-ring (bicyclic) bond motifs is 1. The zero-order valence-electron chi connectivity index (χ0n) is 12.7. The van der Waals surface area contributed by atoms with Gasteiger partial charge in [-0.3, -0.25) is 4.79 Å². The van der Waals surface area contributed by atoms with Gasteiger partial charge in [0, 0.05) is 38.1 Å². The number of pyridine rings is 1. The van der Waals surface area contributed by atoms with Crippen LogP contribution in [0.25, 0.3) is 10.9 Å². The Morgan fingerprint density at radius 3 is 2.71 bits per heavy atom. The molecule has 2 aromatic rings. The first-order chi connectivity index (χ1) is 10.1. The minimum Gasteiger partial charge on any atom is -0.494 e. The highest BCUT2D eigenvalue weighted by atomic mass is 16.5. The van der Waals surface area contributed by atoms with Gasteiger partial charge in [0.2, 0.25) is 5.91 Å². The average molecular weight is 287 g/mol. The lowest BCUT2D eigenvalue weighted by molar-refractivity contribution is -0.132. The predicted molar refractivity (Wildman–Crippen MR) is 83.2 cm³/mol. The van der Waals surface area contributed by atoms with E-state index in [0.717, 1.165) is 22.3 Å². The molecule has 1 aromatic carbocycles. The maximum absolute atomic E-state index is 12.1. The summed E-state index contributed by atoms with van der Waals surface area (Å²) in [4.78, 5) is 18.3. The van der Waals surface area contributed by atoms with Gasteiger partial charge in [-0.25, -0.2) is 4.98 Å². The number of ether oxygens (including phenoxy) is 1. The molecule has 0 fully saturated rings. The lowest BCUT2D eigenvalue weighted by Gasteiger charge is -2.19. The lowest BCUT2D eigenvalue weighted by atomic mass is 10.0. The van der Waals surface area contributed by atoms with Crippen LogP contribution in [0.1, 0.15) is 5.69 Å². The normalized spacial score (nSPS) is 12.2. The highest BCUT2D eigenvalue weighted by Crippen LogP contribution is 2.24. The number of rotatable bonds is 5.